The molecule has 0 aromatic rings. The van der Waals surface area contributed by atoms with Gasteiger partial charge in [0, 0.05) is 24.7 Å². The lowest BCUT2D eigenvalue weighted by Gasteiger charge is -2.59. The van der Waals surface area contributed by atoms with Crippen molar-refractivity contribution < 1.29 is 9.59 Å². The van der Waals surface area contributed by atoms with Crippen LogP contribution >= 0.6 is 0 Å². The summed E-state index contributed by atoms with van der Waals surface area (Å²) in [4.78, 5) is 24.7. The third-order valence-electron chi connectivity index (χ3n) is 8.15. The zero-order valence-corrected chi connectivity index (χ0v) is 13.5. The summed E-state index contributed by atoms with van der Waals surface area (Å²) in [5.74, 6) is 3.52. The Bertz CT molecular complexity index is 496. The summed E-state index contributed by atoms with van der Waals surface area (Å²) in [6.07, 6.45) is 9.52. The lowest BCUT2D eigenvalue weighted by atomic mass is 9.45. The zero-order chi connectivity index (χ0) is 14.8. The molecule has 0 amide bonds. The van der Waals surface area contributed by atoms with Crippen LogP contribution < -0.4 is 0 Å². The molecule has 4 aliphatic rings. The topological polar surface area (TPSA) is 34.1 Å². The molecule has 4 aliphatic carbocycles. The molecule has 0 heterocycles. The van der Waals surface area contributed by atoms with E-state index in [1.807, 2.05) is 0 Å². The second-order valence-corrected chi connectivity index (χ2v) is 8.84. The van der Waals surface area contributed by atoms with E-state index in [1.54, 1.807) is 0 Å². The molecule has 6 atom stereocenters. The molecule has 0 N–H and O–H groups in total. The van der Waals surface area contributed by atoms with Gasteiger partial charge in [-0.2, -0.15) is 0 Å². The highest BCUT2D eigenvalue weighted by atomic mass is 16.1. The maximum Gasteiger partial charge on any atom is 0.139 e. The summed E-state index contributed by atoms with van der Waals surface area (Å²) in [5.41, 5.74) is 0.255. The molecule has 0 saturated heterocycles. The maximum atomic E-state index is 12.9. The highest BCUT2D eigenvalue weighted by molar-refractivity contribution is 5.86. The number of carbonyl (C=O) groups excluding carboxylic acids is 2. The van der Waals surface area contributed by atoms with Crippen LogP contribution in [0.15, 0.2) is 0 Å². The van der Waals surface area contributed by atoms with Gasteiger partial charge in [-0.15, -0.1) is 0 Å². The molecule has 21 heavy (non-hydrogen) atoms. The number of ketones is 2. The highest BCUT2D eigenvalue weighted by Gasteiger charge is 2.60. The Morgan fingerprint density at radius 2 is 1.76 bits per heavy atom. The van der Waals surface area contributed by atoms with Gasteiger partial charge < -0.3 is 0 Å². The van der Waals surface area contributed by atoms with E-state index >= 15 is 0 Å². The number of fused-ring (bicyclic) bond motifs is 5. The largest absolute Gasteiger partial charge is 0.300 e. The first-order valence-electron chi connectivity index (χ1n) is 9.00. The summed E-state index contributed by atoms with van der Waals surface area (Å²) in [6.45, 7) is 4.66. The summed E-state index contributed by atoms with van der Waals surface area (Å²) in [6, 6.07) is 0. The molecule has 4 fully saturated rings. The minimum atomic E-state index is -0.00511. The van der Waals surface area contributed by atoms with Gasteiger partial charge >= 0.3 is 0 Å². The Labute approximate surface area is 128 Å². The van der Waals surface area contributed by atoms with Gasteiger partial charge in [0.1, 0.15) is 11.6 Å². The quantitative estimate of drug-likeness (QED) is 0.670. The molecule has 0 spiro atoms. The van der Waals surface area contributed by atoms with E-state index in [4.69, 9.17) is 0 Å². The van der Waals surface area contributed by atoms with Crippen molar-refractivity contribution in [1.29, 1.82) is 0 Å². The van der Waals surface area contributed by atoms with Crippen LogP contribution in [0.1, 0.15) is 71.6 Å². The van der Waals surface area contributed by atoms with Crippen molar-refractivity contribution in [3.05, 3.63) is 0 Å². The molecule has 2 nitrogen and oxygen atoms in total. The van der Waals surface area contributed by atoms with E-state index in [9.17, 15) is 9.59 Å². The van der Waals surface area contributed by atoms with Crippen LogP contribution in [0.2, 0.25) is 0 Å². The number of carbonyl (C=O) groups is 2. The Morgan fingerprint density at radius 1 is 0.952 bits per heavy atom. The molecule has 4 rings (SSSR count). The molecule has 116 valence electrons. The van der Waals surface area contributed by atoms with Crippen molar-refractivity contribution >= 4 is 11.6 Å². The second-order valence-electron chi connectivity index (χ2n) is 8.84. The first-order chi connectivity index (χ1) is 9.95. The summed E-state index contributed by atoms with van der Waals surface area (Å²) in [7, 11) is 0. The Hall–Kier alpha value is -0.660. The van der Waals surface area contributed by atoms with Crippen LogP contribution in [0.3, 0.4) is 0 Å². The Kier molecular flexibility index (Phi) is 2.94. The SMILES string of the molecule is C[C@@]12CCC[C@H]1[C@@H]1CCC3CC(=O)CC[C@]3(C)[C@H]1CC2=O. The number of hydrogen-bond acceptors (Lipinski definition) is 2. The van der Waals surface area contributed by atoms with Crippen LogP contribution in [0.25, 0.3) is 0 Å². The molecule has 0 radical (unpaired) electrons. The monoisotopic (exact) mass is 288 g/mol. The molecular formula is C19H28O2. The van der Waals surface area contributed by atoms with Gasteiger partial charge in [0.15, 0.2) is 0 Å². The fourth-order valence-corrected chi connectivity index (χ4v) is 6.75. The minimum Gasteiger partial charge on any atom is -0.300 e. The van der Waals surface area contributed by atoms with E-state index in [0.29, 0.717) is 29.3 Å². The van der Waals surface area contributed by atoms with E-state index in [1.165, 1.54) is 25.7 Å². The summed E-state index contributed by atoms with van der Waals surface area (Å²) < 4.78 is 0. The van der Waals surface area contributed by atoms with Crippen LogP contribution in [-0.4, -0.2) is 11.6 Å². The third kappa shape index (κ3) is 1.77. The van der Waals surface area contributed by atoms with Crippen molar-refractivity contribution in [3.63, 3.8) is 0 Å². The van der Waals surface area contributed by atoms with Crippen molar-refractivity contribution in [2.45, 2.75) is 71.6 Å². The molecule has 0 aromatic carbocycles. The molecular weight excluding hydrogens is 260 g/mol. The van der Waals surface area contributed by atoms with Crippen molar-refractivity contribution in [2.75, 3.05) is 0 Å². The average molecular weight is 288 g/mol. The van der Waals surface area contributed by atoms with Gasteiger partial charge in [0.2, 0.25) is 0 Å². The van der Waals surface area contributed by atoms with Gasteiger partial charge in [0.25, 0.3) is 0 Å². The molecule has 4 saturated carbocycles. The molecule has 0 aliphatic heterocycles. The zero-order valence-electron chi connectivity index (χ0n) is 13.5. The van der Waals surface area contributed by atoms with E-state index in [-0.39, 0.29) is 10.8 Å². The number of hydrogen-bond donors (Lipinski definition) is 0. The normalized spacial score (nSPS) is 53.0. The van der Waals surface area contributed by atoms with Gasteiger partial charge in [-0.25, -0.2) is 0 Å². The predicted octanol–water partition coefficient (Wildman–Crippen LogP) is 4.17. The number of Topliss-reactive ketones (excluding diaryl/α,β-unsaturated/α-hetero) is 2. The van der Waals surface area contributed by atoms with Gasteiger partial charge in [-0.1, -0.05) is 20.3 Å². The minimum absolute atomic E-state index is 0.00511. The molecule has 2 heteroatoms. The Morgan fingerprint density at radius 3 is 2.57 bits per heavy atom. The first kappa shape index (κ1) is 14.0. The fraction of sp³-hybridized carbons (Fsp3) is 0.895. The molecule has 0 bridgehead atoms. The van der Waals surface area contributed by atoms with Crippen LogP contribution in [0.4, 0.5) is 0 Å². The van der Waals surface area contributed by atoms with Crippen LogP contribution in [0.5, 0.6) is 0 Å². The molecule has 1 unspecified atom stereocenters. The average Bonchev–Trinajstić information content (AvgIpc) is 2.85. The smallest absolute Gasteiger partial charge is 0.139 e. The van der Waals surface area contributed by atoms with E-state index < -0.39 is 0 Å². The van der Waals surface area contributed by atoms with Gasteiger partial charge in [0.05, 0.1) is 0 Å². The first-order valence-corrected chi connectivity index (χ1v) is 9.00. The van der Waals surface area contributed by atoms with Crippen molar-refractivity contribution in [3.8, 4) is 0 Å². The van der Waals surface area contributed by atoms with Crippen molar-refractivity contribution in [1.82, 2.24) is 0 Å². The third-order valence-corrected chi connectivity index (χ3v) is 8.15. The highest BCUT2D eigenvalue weighted by Crippen LogP contribution is 2.64. The maximum absolute atomic E-state index is 12.9. The van der Waals surface area contributed by atoms with Crippen LogP contribution in [0, 0.1) is 34.5 Å². The number of rotatable bonds is 0. The lowest BCUT2D eigenvalue weighted by molar-refractivity contribution is -0.154. The standard InChI is InChI=1S/C19H28O2/c1-18-9-7-13(20)10-12(18)5-6-14-15-4-3-8-19(15,2)17(21)11-16(14)18/h12,14-16H,3-11H2,1-2H3/t12?,14-,15-,16-,18-,19+/m0/s1. The second kappa shape index (κ2) is 4.43. The predicted molar refractivity (Wildman–Crippen MR) is 81.7 cm³/mol. The van der Waals surface area contributed by atoms with Gasteiger partial charge in [-0.05, 0) is 61.2 Å². The summed E-state index contributed by atoms with van der Waals surface area (Å²) in [5, 5.41) is 0. The lowest BCUT2D eigenvalue weighted by Crippen LogP contribution is -2.55. The van der Waals surface area contributed by atoms with E-state index in [2.05, 4.69) is 13.8 Å². The Balaban J connectivity index is 1.69. The van der Waals surface area contributed by atoms with E-state index in [0.717, 1.165) is 38.0 Å². The van der Waals surface area contributed by atoms with Crippen molar-refractivity contribution in [2.24, 2.45) is 34.5 Å². The van der Waals surface area contributed by atoms with Gasteiger partial charge in [-0.3, -0.25) is 9.59 Å². The fourth-order valence-electron chi connectivity index (χ4n) is 6.75. The summed E-state index contributed by atoms with van der Waals surface area (Å²) >= 11 is 0. The van der Waals surface area contributed by atoms with Crippen LogP contribution in [-0.2, 0) is 9.59 Å². The molecule has 0 aromatic heterocycles.